The summed E-state index contributed by atoms with van der Waals surface area (Å²) in [6.45, 7) is 2.63. The lowest BCUT2D eigenvalue weighted by Crippen LogP contribution is -2.48. The zero-order chi connectivity index (χ0) is 23.5. The average molecular weight is 433 g/mol. The third-order valence-electron chi connectivity index (χ3n) is 5.92. The first-order valence-electron chi connectivity index (χ1n) is 9.99. The van der Waals surface area contributed by atoms with Crippen LogP contribution in [-0.2, 0) is 4.74 Å². The maximum absolute atomic E-state index is 12.2. The fourth-order valence-electron chi connectivity index (χ4n) is 4.45. The van der Waals surface area contributed by atoms with Crippen molar-refractivity contribution in [1.82, 2.24) is 4.90 Å². The van der Waals surface area contributed by atoms with Gasteiger partial charge in [-0.1, -0.05) is 12.1 Å². The number of amides is 1. The minimum absolute atomic E-state index is 0.0862. The van der Waals surface area contributed by atoms with Crippen LogP contribution in [0.4, 0.5) is 4.79 Å². The van der Waals surface area contributed by atoms with Crippen molar-refractivity contribution < 1.29 is 19.0 Å². The summed E-state index contributed by atoms with van der Waals surface area (Å²) >= 11 is 0. The Morgan fingerprint density at radius 1 is 1.25 bits per heavy atom. The lowest BCUT2D eigenvalue weighted by molar-refractivity contribution is 0.117. The third kappa shape index (κ3) is 3.36. The van der Waals surface area contributed by atoms with E-state index in [1.807, 2.05) is 19.1 Å². The van der Waals surface area contributed by atoms with Gasteiger partial charge in [-0.15, -0.1) is 0 Å². The molecule has 1 aromatic rings. The fraction of sp³-hybridized carbons (Fsp3) is 0.391. The molecule has 1 aromatic carbocycles. The van der Waals surface area contributed by atoms with Gasteiger partial charge in [0.15, 0.2) is 11.5 Å². The third-order valence-corrected chi connectivity index (χ3v) is 5.92. The van der Waals surface area contributed by atoms with Gasteiger partial charge in [-0.25, -0.2) is 4.79 Å². The maximum Gasteiger partial charge on any atom is 0.409 e. The molecular formula is C23H23N5O4. The number of hydrogen-bond acceptors (Lipinski definition) is 8. The molecule has 9 heteroatoms. The molecule has 0 bridgehead atoms. The molecule has 0 spiro atoms. The highest BCUT2D eigenvalue weighted by Crippen LogP contribution is 2.53. The molecule has 0 fully saturated rings. The zero-order valence-electron chi connectivity index (χ0n) is 18.1. The van der Waals surface area contributed by atoms with Crippen LogP contribution in [0, 0.1) is 45.3 Å². The Labute approximate surface area is 186 Å². The Morgan fingerprint density at radius 3 is 2.53 bits per heavy atom. The lowest BCUT2D eigenvalue weighted by atomic mass is 9.60. The SMILES string of the molecule is CCOc1ccc([C@H]2C(C#N)=C(N)C(C#N)(C#N)C3=CCN(C(=O)OC)C[C@H]32)cc1OC. The molecule has 1 heterocycles. The number of nitrogens with zero attached hydrogens (tertiary/aromatic N) is 4. The molecule has 1 amide bonds. The first-order chi connectivity index (χ1) is 15.4. The van der Waals surface area contributed by atoms with Crippen molar-refractivity contribution in [3.05, 3.63) is 46.7 Å². The summed E-state index contributed by atoms with van der Waals surface area (Å²) in [6.07, 6.45) is 1.13. The number of carbonyl (C=O) groups is 1. The maximum atomic E-state index is 12.2. The molecule has 3 rings (SSSR count). The van der Waals surface area contributed by atoms with Crippen LogP contribution in [0.2, 0.25) is 0 Å². The van der Waals surface area contributed by atoms with E-state index in [0.29, 0.717) is 29.2 Å². The highest BCUT2D eigenvalue weighted by atomic mass is 16.5. The second-order valence-electron chi connectivity index (χ2n) is 7.37. The summed E-state index contributed by atoms with van der Waals surface area (Å²) in [5.74, 6) is -0.113. The van der Waals surface area contributed by atoms with Crippen molar-refractivity contribution in [1.29, 1.82) is 15.8 Å². The second kappa shape index (κ2) is 8.91. The summed E-state index contributed by atoms with van der Waals surface area (Å²) in [5, 5.41) is 29.9. The molecule has 9 nitrogen and oxygen atoms in total. The number of nitriles is 3. The first kappa shape index (κ1) is 22.5. The van der Waals surface area contributed by atoms with E-state index < -0.39 is 23.3 Å². The lowest BCUT2D eigenvalue weighted by Gasteiger charge is -2.44. The van der Waals surface area contributed by atoms with Gasteiger partial charge in [0.1, 0.15) is 0 Å². The van der Waals surface area contributed by atoms with Gasteiger partial charge in [-0.2, -0.15) is 15.8 Å². The van der Waals surface area contributed by atoms with E-state index in [2.05, 4.69) is 6.07 Å². The van der Waals surface area contributed by atoms with Gasteiger partial charge in [0.2, 0.25) is 5.41 Å². The summed E-state index contributed by atoms with van der Waals surface area (Å²) in [7, 11) is 2.80. The smallest absolute Gasteiger partial charge is 0.409 e. The molecule has 1 aliphatic heterocycles. The number of carbonyl (C=O) groups excluding carboxylic acids is 1. The Hall–Kier alpha value is -4.16. The number of nitrogens with two attached hydrogens (primary N) is 1. The zero-order valence-corrected chi connectivity index (χ0v) is 18.1. The van der Waals surface area contributed by atoms with Crippen LogP contribution < -0.4 is 15.2 Å². The van der Waals surface area contributed by atoms with Crippen LogP contribution in [0.15, 0.2) is 41.1 Å². The minimum Gasteiger partial charge on any atom is -0.493 e. The quantitative estimate of drug-likeness (QED) is 0.713. The van der Waals surface area contributed by atoms with Crippen LogP contribution in [0.1, 0.15) is 18.4 Å². The normalized spacial score (nSPS) is 21.2. The van der Waals surface area contributed by atoms with Crippen LogP contribution in [0.3, 0.4) is 0 Å². The minimum atomic E-state index is -1.77. The van der Waals surface area contributed by atoms with Crippen LogP contribution in [-0.4, -0.2) is 44.9 Å². The molecule has 164 valence electrons. The number of rotatable bonds is 4. The van der Waals surface area contributed by atoms with Gasteiger partial charge in [0.25, 0.3) is 0 Å². The molecule has 0 unspecified atom stereocenters. The Morgan fingerprint density at radius 2 is 1.97 bits per heavy atom. The molecule has 2 aliphatic rings. The standard InChI is InChI=1S/C23H23N5O4/c1-4-32-18-6-5-14(9-19(18)30-2)20-15(10-24)21(27)23(12-25,13-26)17-7-8-28(11-16(17)20)22(29)31-3/h5-7,9,16,20H,4,8,11,27H2,1-3H3/t16-,20+/m1/s1. The highest BCUT2D eigenvalue weighted by molar-refractivity contribution is 5.69. The van der Waals surface area contributed by atoms with Crippen molar-refractivity contribution in [2.75, 3.05) is 33.9 Å². The van der Waals surface area contributed by atoms with E-state index >= 15 is 0 Å². The number of methoxy groups -OCH3 is 2. The van der Waals surface area contributed by atoms with Gasteiger partial charge < -0.3 is 24.8 Å². The monoisotopic (exact) mass is 433 g/mol. The van der Waals surface area contributed by atoms with Crippen LogP contribution in [0.25, 0.3) is 0 Å². The topological polar surface area (TPSA) is 145 Å². The molecule has 0 saturated heterocycles. The van der Waals surface area contributed by atoms with E-state index in [-0.39, 0.29) is 24.4 Å². The molecule has 2 atom stereocenters. The predicted octanol–water partition coefficient (Wildman–Crippen LogP) is 2.59. The van der Waals surface area contributed by atoms with E-state index in [9.17, 15) is 20.6 Å². The van der Waals surface area contributed by atoms with Gasteiger partial charge in [-0.05, 0) is 30.2 Å². The number of benzene rings is 1. The Balaban J connectivity index is 2.25. The van der Waals surface area contributed by atoms with Crippen molar-refractivity contribution in [3.63, 3.8) is 0 Å². The highest BCUT2D eigenvalue weighted by Gasteiger charge is 2.53. The summed E-state index contributed by atoms with van der Waals surface area (Å²) in [5.41, 5.74) is 5.74. The summed E-state index contributed by atoms with van der Waals surface area (Å²) in [4.78, 5) is 13.7. The van der Waals surface area contributed by atoms with Gasteiger partial charge in [0.05, 0.1) is 50.3 Å². The van der Waals surface area contributed by atoms with Crippen molar-refractivity contribution in [2.24, 2.45) is 17.1 Å². The molecule has 0 radical (unpaired) electrons. The Bertz CT molecular complexity index is 1100. The van der Waals surface area contributed by atoms with Gasteiger partial charge in [0, 0.05) is 24.9 Å². The largest absolute Gasteiger partial charge is 0.493 e. The molecule has 2 N–H and O–H groups in total. The van der Waals surface area contributed by atoms with E-state index in [0.717, 1.165) is 0 Å². The summed E-state index contributed by atoms with van der Waals surface area (Å²) in [6, 6.07) is 11.4. The average Bonchev–Trinajstić information content (AvgIpc) is 2.83. The molecule has 0 saturated carbocycles. The van der Waals surface area contributed by atoms with Gasteiger partial charge >= 0.3 is 6.09 Å². The first-order valence-corrected chi connectivity index (χ1v) is 9.99. The molecule has 0 aromatic heterocycles. The van der Waals surface area contributed by atoms with E-state index in [1.54, 1.807) is 24.3 Å². The van der Waals surface area contributed by atoms with Gasteiger partial charge in [-0.3, -0.25) is 0 Å². The number of hydrogen-bond donors (Lipinski definition) is 1. The van der Waals surface area contributed by atoms with E-state index in [1.165, 1.54) is 19.1 Å². The van der Waals surface area contributed by atoms with E-state index in [4.69, 9.17) is 19.9 Å². The number of ether oxygens (including phenoxy) is 3. The van der Waals surface area contributed by atoms with Crippen molar-refractivity contribution in [3.8, 4) is 29.7 Å². The predicted molar refractivity (Wildman–Crippen MR) is 113 cm³/mol. The van der Waals surface area contributed by atoms with Crippen molar-refractivity contribution >= 4 is 6.09 Å². The van der Waals surface area contributed by atoms with Crippen molar-refractivity contribution in [2.45, 2.75) is 12.8 Å². The molecular weight excluding hydrogens is 410 g/mol. The van der Waals surface area contributed by atoms with Crippen LogP contribution >= 0.6 is 0 Å². The second-order valence-corrected chi connectivity index (χ2v) is 7.37. The molecule has 32 heavy (non-hydrogen) atoms. The Kier molecular flexibility index (Phi) is 6.27. The van der Waals surface area contributed by atoms with Crippen LogP contribution in [0.5, 0.6) is 11.5 Å². The number of fused-ring (bicyclic) bond motifs is 1. The summed E-state index contributed by atoms with van der Waals surface area (Å²) < 4.78 is 15.9. The molecule has 1 aliphatic carbocycles. The number of allylic oxidation sites excluding steroid dienone is 2. The fourth-order valence-corrected chi connectivity index (χ4v) is 4.45.